The first-order chi connectivity index (χ1) is 9.24. The average Bonchev–Trinajstić information content (AvgIpc) is 2.25. The zero-order chi connectivity index (χ0) is 15.3. The molecule has 0 amide bonds. The third-order valence-electron chi connectivity index (χ3n) is 2.67. The van der Waals surface area contributed by atoms with Crippen LogP contribution in [0.4, 0.5) is 14.5 Å². The minimum Gasteiger partial charge on any atom is -0.399 e. The fraction of sp³-hybridized carbons (Fsp3) is 0.538. The summed E-state index contributed by atoms with van der Waals surface area (Å²) in [6.45, 7) is 4.34. The van der Waals surface area contributed by atoms with Crippen molar-refractivity contribution >= 4 is 15.5 Å². The van der Waals surface area contributed by atoms with Crippen LogP contribution in [0.15, 0.2) is 17.0 Å². The Hall–Kier alpha value is -1.21. The first-order valence-electron chi connectivity index (χ1n) is 6.29. The number of anilines is 1. The van der Waals surface area contributed by atoms with Crippen molar-refractivity contribution in [3.63, 3.8) is 0 Å². The van der Waals surface area contributed by atoms with Gasteiger partial charge >= 0.3 is 0 Å². The highest BCUT2D eigenvalue weighted by atomic mass is 32.2. The topological polar surface area (TPSA) is 69.4 Å². The molecule has 1 aromatic rings. The summed E-state index contributed by atoms with van der Waals surface area (Å²) in [5, 5.41) is 0. The van der Waals surface area contributed by atoms with E-state index in [0.717, 1.165) is 18.6 Å². The Morgan fingerprint density at radius 1 is 1.20 bits per heavy atom. The molecule has 0 saturated carbocycles. The van der Waals surface area contributed by atoms with Gasteiger partial charge in [0.2, 0.25) is 0 Å². The fourth-order valence-electron chi connectivity index (χ4n) is 1.57. The normalized spacial score (nSPS) is 12.1. The van der Waals surface area contributed by atoms with Gasteiger partial charge in [0.1, 0.15) is 16.5 Å². The second-order valence-corrected chi connectivity index (χ2v) is 6.97. The number of ether oxygens (including phenoxy) is 1. The van der Waals surface area contributed by atoms with Crippen LogP contribution in [0.2, 0.25) is 0 Å². The Morgan fingerprint density at radius 3 is 2.25 bits per heavy atom. The zero-order valence-corrected chi connectivity index (χ0v) is 12.3. The van der Waals surface area contributed by atoms with E-state index in [0.29, 0.717) is 12.5 Å². The van der Waals surface area contributed by atoms with Gasteiger partial charge in [-0.2, -0.15) is 0 Å². The van der Waals surface area contributed by atoms with Crippen molar-refractivity contribution in [2.24, 2.45) is 5.92 Å². The monoisotopic (exact) mass is 307 g/mol. The summed E-state index contributed by atoms with van der Waals surface area (Å²) in [5.74, 6) is -2.38. The van der Waals surface area contributed by atoms with Crippen LogP contribution in [-0.4, -0.2) is 27.4 Å². The molecule has 0 aliphatic heterocycles. The highest BCUT2D eigenvalue weighted by Gasteiger charge is 2.24. The number of hydrogen-bond acceptors (Lipinski definition) is 4. The van der Waals surface area contributed by atoms with Gasteiger partial charge in [-0.25, -0.2) is 17.2 Å². The maximum Gasteiger partial charge on any atom is 0.186 e. The fourth-order valence-corrected chi connectivity index (χ4v) is 2.82. The van der Waals surface area contributed by atoms with Gasteiger partial charge in [-0.05, 0) is 24.5 Å². The largest absolute Gasteiger partial charge is 0.399 e. The Labute approximate surface area is 117 Å². The first-order valence-corrected chi connectivity index (χ1v) is 7.94. The van der Waals surface area contributed by atoms with Gasteiger partial charge in [0.15, 0.2) is 9.84 Å². The molecule has 0 spiro atoms. The second-order valence-electron chi connectivity index (χ2n) is 4.93. The van der Waals surface area contributed by atoms with Gasteiger partial charge in [0, 0.05) is 12.3 Å². The molecule has 4 nitrogen and oxygen atoms in total. The number of hydrogen-bond donors (Lipinski definition) is 1. The van der Waals surface area contributed by atoms with E-state index >= 15 is 0 Å². The number of benzene rings is 1. The highest BCUT2D eigenvalue weighted by Crippen LogP contribution is 2.22. The van der Waals surface area contributed by atoms with E-state index in [-0.39, 0.29) is 12.3 Å². The summed E-state index contributed by atoms with van der Waals surface area (Å²) in [4.78, 5) is -0.945. The Kier molecular flexibility index (Phi) is 5.88. The number of sulfone groups is 1. The molecule has 0 aliphatic rings. The Balaban J connectivity index is 2.70. The van der Waals surface area contributed by atoms with Crippen LogP contribution in [0, 0.1) is 17.6 Å². The van der Waals surface area contributed by atoms with Crippen molar-refractivity contribution in [1.29, 1.82) is 0 Å². The quantitative estimate of drug-likeness (QED) is 0.620. The van der Waals surface area contributed by atoms with E-state index in [4.69, 9.17) is 10.5 Å². The van der Waals surface area contributed by atoms with Crippen molar-refractivity contribution in [2.75, 3.05) is 24.7 Å². The molecule has 0 aromatic heterocycles. The van der Waals surface area contributed by atoms with Gasteiger partial charge in [-0.3, -0.25) is 0 Å². The maximum absolute atomic E-state index is 13.5. The SMILES string of the molecule is CC(C)CCOCCS(=O)(=O)c1c(F)cc(N)cc1F. The van der Waals surface area contributed by atoms with Crippen LogP contribution in [0.3, 0.4) is 0 Å². The van der Waals surface area contributed by atoms with Crippen LogP contribution in [0.1, 0.15) is 20.3 Å². The lowest BCUT2D eigenvalue weighted by atomic mass is 10.1. The second kappa shape index (κ2) is 6.99. The first kappa shape index (κ1) is 16.8. The molecule has 2 N–H and O–H groups in total. The summed E-state index contributed by atoms with van der Waals surface area (Å²) in [5.41, 5.74) is 5.08. The lowest BCUT2D eigenvalue weighted by molar-refractivity contribution is 0.137. The minimum atomic E-state index is -4.07. The molecule has 1 aromatic carbocycles. The summed E-state index contributed by atoms with van der Waals surface area (Å²) in [6.07, 6.45) is 0.796. The molecule has 0 bridgehead atoms. The predicted octanol–water partition coefficient (Wildman–Crippen LogP) is 2.38. The van der Waals surface area contributed by atoms with Gasteiger partial charge in [0.05, 0.1) is 12.4 Å². The van der Waals surface area contributed by atoms with E-state index in [2.05, 4.69) is 0 Å². The number of nitrogens with two attached hydrogens (primary N) is 1. The standard InChI is InChI=1S/C13H19F2NO3S/c1-9(2)3-4-19-5-6-20(17,18)13-11(14)7-10(16)8-12(13)15/h7-9H,3-6,16H2,1-2H3. The maximum atomic E-state index is 13.5. The van der Waals surface area contributed by atoms with E-state index in [1.54, 1.807) is 0 Å². The van der Waals surface area contributed by atoms with Crippen molar-refractivity contribution in [1.82, 2.24) is 0 Å². The molecule has 0 fully saturated rings. The highest BCUT2D eigenvalue weighted by molar-refractivity contribution is 7.91. The predicted molar refractivity (Wildman–Crippen MR) is 73.1 cm³/mol. The number of halogens is 2. The van der Waals surface area contributed by atoms with Crippen molar-refractivity contribution < 1.29 is 21.9 Å². The molecule has 0 atom stereocenters. The molecule has 0 radical (unpaired) electrons. The zero-order valence-electron chi connectivity index (χ0n) is 11.5. The summed E-state index contributed by atoms with van der Waals surface area (Å²) in [6, 6.07) is 1.57. The van der Waals surface area contributed by atoms with Crippen molar-refractivity contribution in [2.45, 2.75) is 25.2 Å². The van der Waals surface area contributed by atoms with Gasteiger partial charge in [0.25, 0.3) is 0 Å². The molecular weight excluding hydrogens is 288 g/mol. The van der Waals surface area contributed by atoms with Gasteiger partial charge in [-0.15, -0.1) is 0 Å². The lowest BCUT2D eigenvalue weighted by Gasteiger charge is -2.09. The Morgan fingerprint density at radius 2 is 1.75 bits per heavy atom. The van der Waals surface area contributed by atoms with E-state index in [1.165, 1.54) is 0 Å². The molecule has 1 rings (SSSR count). The molecular formula is C13H19F2NO3S. The average molecular weight is 307 g/mol. The van der Waals surface area contributed by atoms with E-state index in [1.807, 2.05) is 13.8 Å². The molecule has 20 heavy (non-hydrogen) atoms. The van der Waals surface area contributed by atoms with Crippen molar-refractivity contribution in [3.8, 4) is 0 Å². The van der Waals surface area contributed by atoms with Crippen LogP contribution < -0.4 is 5.73 Å². The number of rotatable bonds is 7. The van der Waals surface area contributed by atoms with Gasteiger partial charge < -0.3 is 10.5 Å². The van der Waals surface area contributed by atoms with Crippen molar-refractivity contribution in [3.05, 3.63) is 23.8 Å². The van der Waals surface area contributed by atoms with E-state index < -0.39 is 32.1 Å². The van der Waals surface area contributed by atoms with Crippen LogP contribution in [0.5, 0.6) is 0 Å². The smallest absolute Gasteiger partial charge is 0.186 e. The van der Waals surface area contributed by atoms with Crippen LogP contribution >= 0.6 is 0 Å². The Bertz CT molecular complexity index is 536. The molecule has 114 valence electrons. The molecule has 7 heteroatoms. The molecule has 0 aliphatic carbocycles. The molecule has 0 unspecified atom stereocenters. The summed E-state index contributed by atoms with van der Waals surface area (Å²) >= 11 is 0. The van der Waals surface area contributed by atoms with Crippen LogP contribution in [0.25, 0.3) is 0 Å². The number of nitrogen functional groups attached to an aromatic ring is 1. The summed E-state index contributed by atoms with van der Waals surface area (Å²) in [7, 11) is -4.07. The van der Waals surface area contributed by atoms with Gasteiger partial charge in [-0.1, -0.05) is 13.8 Å². The minimum absolute atomic E-state index is 0.0989. The molecule has 0 saturated heterocycles. The molecule has 0 heterocycles. The van der Waals surface area contributed by atoms with E-state index in [9.17, 15) is 17.2 Å². The lowest BCUT2D eigenvalue weighted by Crippen LogP contribution is -2.16. The third kappa shape index (κ3) is 4.72. The summed E-state index contributed by atoms with van der Waals surface area (Å²) < 4.78 is 56.0. The van der Waals surface area contributed by atoms with Crippen LogP contribution in [-0.2, 0) is 14.6 Å². The third-order valence-corrected chi connectivity index (χ3v) is 4.38.